The average molecular weight is 260 g/mol. The molecular weight excluding hydrogens is 240 g/mol. The summed E-state index contributed by atoms with van der Waals surface area (Å²) in [7, 11) is 1.62. The number of nitrogens with zero attached hydrogens (tertiary/aromatic N) is 1. The monoisotopic (exact) mass is 260 g/mol. The van der Waals surface area contributed by atoms with Crippen LogP contribution in [0.5, 0.6) is 5.75 Å². The number of ether oxygens (including phenoxy) is 1. The fraction of sp³-hybridized carbons (Fsp3) is 0.400. The molecule has 1 aromatic carbocycles. The van der Waals surface area contributed by atoms with E-state index in [1.807, 2.05) is 24.3 Å². The van der Waals surface area contributed by atoms with Gasteiger partial charge in [0, 0.05) is 30.8 Å². The van der Waals surface area contributed by atoms with Crippen molar-refractivity contribution in [3.63, 3.8) is 0 Å². The second-order valence-electron chi connectivity index (χ2n) is 4.76. The number of piperidine rings is 1. The molecule has 1 aromatic rings. The van der Waals surface area contributed by atoms with Gasteiger partial charge >= 0.3 is 0 Å². The second kappa shape index (κ2) is 6.38. The molecule has 1 atom stereocenters. The van der Waals surface area contributed by atoms with Gasteiger partial charge in [0.25, 0.3) is 0 Å². The maximum Gasteiger partial charge on any atom is 0.246 e. The molecule has 0 aliphatic carbocycles. The summed E-state index contributed by atoms with van der Waals surface area (Å²) in [6.45, 7) is 1.44. The number of benzene rings is 1. The van der Waals surface area contributed by atoms with Crippen molar-refractivity contribution in [2.75, 3.05) is 20.2 Å². The molecule has 4 nitrogen and oxygen atoms in total. The minimum absolute atomic E-state index is 0.0149. The van der Waals surface area contributed by atoms with Crippen molar-refractivity contribution in [2.45, 2.75) is 18.9 Å². The molecule has 1 aliphatic rings. The van der Waals surface area contributed by atoms with Gasteiger partial charge in [0.1, 0.15) is 5.75 Å². The van der Waals surface area contributed by atoms with Gasteiger partial charge in [-0.15, -0.1) is 0 Å². The smallest absolute Gasteiger partial charge is 0.246 e. The van der Waals surface area contributed by atoms with Crippen LogP contribution in [0.25, 0.3) is 6.08 Å². The summed E-state index contributed by atoms with van der Waals surface area (Å²) in [5, 5.41) is 0. The first-order valence-electron chi connectivity index (χ1n) is 6.56. The van der Waals surface area contributed by atoms with Crippen molar-refractivity contribution in [2.24, 2.45) is 5.73 Å². The molecule has 1 amide bonds. The third kappa shape index (κ3) is 3.58. The van der Waals surface area contributed by atoms with Crippen LogP contribution in [0.1, 0.15) is 18.4 Å². The Morgan fingerprint density at radius 1 is 1.47 bits per heavy atom. The average Bonchev–Trinajstić information content (AvgIpc) is 2.45. The lowest BCUT2D eigenvalue weighted by Crippen LogP contribution is -2.45. The summed E-state index contributed by atoms with van der Waals surface area (Å²) in [6, 6.07) is 7.73. The van der Waals surface area contributed by atoms with E-state index in [2.05, 4.69) is 0 Å². The Kier molecular flexibility index (Phi) is 4.58. The van der Waals surface area contributed by atoms with E-state index in [1.165, 1.54) is 0 Å². The Morgan fingerprint density at radius 3 is 3.00 bits per heavy atom. The maximum absolute atomic E-state index is 12.1. The molecular formula is C15H20N2O2. The lowest BCUT2D eigenvalue weighted by molar-refractivity contribution is -0.127. The molecule has 2 rings (SSSR count). The minimum Gasteiger partial charge on any atom is -0.496 e. The van der Waals surface area contributed by atoms with Gasteiger partial charge in [0.05, 0.1) is 7.11 Å². The lowest BCUT2D eigenvalue weighted by Gasteiger charge is -2.29. The van der Waals surface area contributed by atoms with E-state index in [1.54, 1.807) is 24.2 Å². The van der Waals surface area contributed by atoms with Gasteiger partial charge in [-0.3, -0.25) is 4.79 Å². The standard InChI is InChI=1S/C15H20N2O2/c1-19-14-7-3-2-5-12(14)8-9-15(18)17-10-4-6-13(16)11-17/h2-3,5,7-9,13H,4,6,10-11,16H2,1H3/b9-8+. The number of rotatable bonds is 3. The molecule has 19 heavy (non-hydrogen) atoms. The molecule has 0 radical (unpaired) electrons. The molecule has 4 heteroatoms. The highest BCUT2D eigenvalue weighted by Gasteiger charge is 2.19. The van der Waals surface area contributed by atoms with Gasteiger partial charge in [0.15, 0.2) is 0 Å². The topological polar surface area (TPSA) is 55.6 Å². The van der Waals surface area contributed by atoms with Crippen LogP contribution >= 0.6 is 0 Å². The molecule has 1 heterocycles. The first kappa shape index (κ1) is 13.6. The Labute approximate surface area is 113 Å². The Balaban J connectivity index is 2.03. The zero-order chi connectivity index (χ0) is 13.7. The summed E-state index contributed by atoms with van der Waals surface area (Å²) in [4.78, 5) is 13.9. The normalized spacial score (nSPS) is 19.7. The SMILES string of the molecule is COc1ccccc1/C=C/C(=O)N1CCCC(N)C1. The van der Waals surface area contributed by atoms with E-state index in [9.17, 15) is 4.79 Å². The van der Waals surface area contributed by atoms with Crippen LogP contribution in [0.3, 0.4) is 0 Å². The maximum atomic E-state index is 12.1. The highest BCUT2D eigenvalue weighted by atomic mass is 16.5. The van der Waals surface area contributed by atoms with Crippen LogP contribution < -0.4 is 10.5 Å². The van der Waals surface area contributed by atoms with E-state index in [4.69, 9.17) is 10.5 Å². The van der Waals surface area contributed by atoms with Gasteiger partial charge in [-0.2, -0.15) is 0 Å². The lowest BCUT2D eigenvalue weighted by atomic mass is 10.1. The van der Waals surface area contributed by atoms with Crippen LogP contribution in [0.15, 0.2) is 30.3 Å². The Bertz CT molecular complexity index is 471. The Hall–Kier alpha value is -1.81. The van der Waals surface area contributed by atoms with Gasteiger partial charge in [-0.25, -0.2) is 0 Å². The number of carbonyl (C=O) groups excluding carboxylic acids is 1. The van der Waals surface area contributed by atoms with Crippen molar-refractivity contribution in [3.8, 4) is 5.75 Å². The largest absolute Gasteiger partial charge is 0.496 e. The number of para-hydroxylation sites is 1. The van der Waals surface area contributed by atoms with Crippen LogP contribution in [0.2, 0.25) is 0 Å². The molecule has 1 saturated heterocycles. The molecule has 0 saturated carbocycles. The van der Waals surface area contributed by atoms with Gasteiger partial charge in [0.2, 0.25) is 5.91 Å². The van der Waals surface area contributed by atoms with E-state index in [0.717, 1.165) is 30.7 Å². The quantitative estimate of drug-likeness (QED) is 0.841. The number of likely N-dealkylation sites (tertiary alicyclic amines) is 1. The summed E-state index contributed by atoms with van der Waals surface area (Å²) in [5.41, 5.74) is 6.78. The summed E-state index contributed by atoms with van der Waals surface area (Å²) in [6.07, 6.45) is 5.37. The van der Waals surface area contributed by atoms with Crippen LogP contribution in [0, 0.1) is 0 Å². The molecule has 1 aliphatic heterocycles. The van der Waals surface area contributed by atoms with E-state index in [-0.39, 0.29) is 11.9 Å². The highest BCUT2D eigenvalue weighted by molar-refractivity contribution is 5.92. The van der Waals surface area contributed by atoms with Crippen LogP contribution in [-0.4, -0.2) is 37.0 Å². The first-order chi connectivity index (χ1) is 9.20. The van der Waals surface area contributed by atoms with E-state index < -0.39 is 0 Å². The summed E-state index contributed by atoms with van der Waals surface area (Å²) >= 11 is 0. The molecule has 0 bridgehead atoms. The van der Waals surface area contributed by atoms with Crippen molar-refractivity contribution in [3.05, 3.63) is 35.9 Å². The Morgan fingerprint density at radius 2 is 2.26 bits per heavy atom. The molecule has 102 valence electrons. The predicted molar refractivity (Wildman–Crippen MR) is 75.8 cm³/mol. The third-order valence-electron chi connectivity index (χ3n) is 3.31. The number of nitrogens with two attached hydrogens (primary N) is 1. The van der Waals surface area contributed by atoms with Crippen molar-refractivity contribution < 1.29 is 9.53 Å². The number of carbonyl (C=O) groups is 1. The first-order valence-corrected chi connectivity index (χ1v) is 6.56. The fourth-order valence-electron chi connectivity index (χ4n) is 2.28. The van der Waals surface area contributed by atoms with E-state index in [0.29, 0.717) is 6.54 Å². The molecule has 1 unspecified atom stereocenters. The molecule has 0 aromatic heterocycles. The predicted octanol–water partition coefficient (Wildman–Crippen LogP) is 1.66. The minimum atomic E-state index is 0.0149. The number of amides is 1. The highest BCUT2D eigenvalue weighted by Crippen LogP contribution is 2.19. The van der Waals surface area contributed by atoms with Crippen molar-refractivity contribution >= 4 is 12.0 Å². The van der Waals surface area contributed by atoms with Gasteiger partial charge < -0.3 is 15.4 Å². The van der Waals surface area contributed by atoms with Crippen molar-refractivity contribution in [1.82, 2.24) is 4.90 Å². The van der Waals surface area contributed by atoms with Crippen LogP contribution in [-0.2, 0) is 4.79 Å². The number of hydrogen-bond donors (Lipinski definition) is 1. The number of hydrogen-bond acceptors (Lipinski definition) is 3. The molecule has 2 N–H and O–H groups in total. The summed E-state index contributed by atoms with van der Waals surface area (Å²) < 4.78 is 5.24. The van der Waals surface area contributed by atoms with Gasteiger partial charge in [-0.1, -0.05) is 18.2 Å². The second-order valence-corrected chi connectivity index (χ2v) is 4.76. The summed E-state index contributed by atoms with van der Waals surface area (Å²) in [5.74, 6) is 0.781. The molecule has 1 fully saturated rings. The zero-order valence-corrected chi connectivity index (χ0v) is 11.2. The number of methoxy groups -OCH3 is 1. The zero-order valence-electron chi connectivity index (χ0n) is 11.2. The third-order valence-corrected chi connectivity index (χ3v) is 3.31. The molecule has 0 spiro atoms. The van der Waals surface area contributed by atoms with E-state index >= 15 is 0 Å². The van der Waals surface area contributed by atoms with Crippen molar-refractivity contribution in [1.29, 1.82) is 0 Å². The fourth-order valence-corrected chi connectivity index (χ4v) is 2.28. The van der Waals surface area contributed by atoms with Gasteiger partial charge in [-0.05, 0) is 25.0 Å². The van der Waals surface area contributed by atoms with Crippen LogP contribution in [0.4, 0.5) is 0 Å².